The minimum absolute atomic E-state index is 0.0162. The fourth-order valence-corrected chi connectivity index (χ4v) is 2.69. The van der Waals surface area contributed by atoms with Crippen molar-refractivity contribution in [2.75, 3.05) is 0 Å². The van der Waals surface area contributed by atoms with Gasteiger partial charge in [0.2, 0.25) is 0 Å². The number of thioether (sulfide) groups is 1. The van der Waals surface area contributed by atoms with E-state index in [-0.39, 0.29) is 16.4 Å². The summed E-state index contributed by atoms with van der Waals surface area (Å²) in [4.78, 5) is 11.2. The average molecular weight is 287 g/mol. The molecule has 0 aliphatic rings. The normalized spacial score (nSPS) is 10.2. The number of benzene rings is 2. The van der Waals surface area contributed by atoms with Gasteiger partial charge in [-0.25, -0.2) is 0 Å². The standard InChI is InChI=1S/C14H13N3O2S/c15-14(16)11-5-3-4-10(8-11)9-20-13-7-2-1-6-12(13)17(18)19/h1-8H,9H2,(H3,15,16). The predicted molar refractivity (Wildman–Crippen MR) is 80.1 cm³/mol. The first-order valence-corrected chi connectivity index (χ1v) is 6.86. The lowest BCUT2D eigenvalue weighted by molar-refractivity contribution is -0.387. The van der Waals surface area contributed by atoms with Crippen LogP contribution in [0.4, 0.5) is 5.69 Å². The van der Waals surface area contributed by atoms with E-state index in [4.69, 9.17) is 11.1 Å². The maximum absolute atomic E-state index is 10.9. The zero-order valence-electron chi connectivity index (χ0n) is 10.6. The third-order valence-corrected chi connectivity index (χ3v) is 3.83. The van der Waals surface area contributed by atoms with Crippen LogP contribution in [0, 0.1) is 15.5 Å². The van der Waals surface area contributed by atoms with E-state index in [0.29, 0.717) is 16.2 Å². The first-order chi connectivity index (χ1) is 9.58. The molecule has 3 N–H and O–H groups in total. The first-order valence-electron chi connectivity index (χ1n) is 5.87. The molecule has 0 heterocycles. The Morgan fingerprint density at radius 3 is 2.70 bits per heavy atom. The zero-order chi connectivity index (χ0) is 14.5. The van der Waals surface area contributed by atoms with Crippen molar-refractivity contribution in [1.29, 1.82) is 5.41 Å². The summed E-state index contributed by atoms with van der Waals surface area (Å²) in [5.41, 5.74) is 7.18. The maximum Gasteiger partial charge on any atom is 0.282 e. The summed E-state index contributed by atoms with van der Waals surface area (Å²) in [6.45, 7) is 0. The number of nitrogens with one attached hydrogen (secondary N) is 1. The molecule has 0 saturated heterocycles. The van der Waals surface area contributed by atoms with Gasteiger partial charge in [-0.3, -0.25) is 15.5 Å². The van der Waals surface area contributed by atoms with Gasteiger partial charge in [-0.05, 0) is 17.7 Å². The van der Waals surface area contributed by atoms with E-state index in [1.165, 1.54) is 17.8 Å². The highest BCUT2D eigenvalue weighted by atomic mass is 32.2. The van der Waals surface area contributed by atoms with Crippen molar-refractivity contribution >= 4 is 23.3 Å². The second-order valence-electron chi connectivity index (χ2n) is 4.13. The summed E-state index contributed by atoms with van der Waals surface area (Å²) in [7, 11) is 0. The van der Waals surface area contributed by atoms with Crippen molar-refractivity contribution in [2.24, 2.45) is 5.73 Å². The number of rotatable bonds is 5. The fourth-order valence-electron chi connectivity index (χ4n) is 1.72. The number of hydrogen-bond donors (Lipinski definition) is 2. The Balaban J connectivity index is 2.15. The number of nitrogens with two attached hydrogens (primary N) is 1. The molecule has 2 aromatic rings. The molecule has 5 nitrogen and oxygen atoms in total. The second kappa shape index (κ2) is 6.21. The van der Waals surface area contributed by atoms with E-state index in [2.05, 4.69) is 0 Å². The maximum atomic E-state index is 10.9. The van der Waals surface area contributed by atoms with Gasteiger partial charge >= 0.3 is 0 Å². The number of hydrogen-bond acceptors (Lipinski definition) is 4. The Labute approximate surface area is 120 Å². The van der Waals surface area contributed by atoms with Gasteiger partial charge in [0.05, 0.1) is 9.82 Å². The number of nitrogen functional groups attached to an aromatic ring is 1. The van der Waals surface area contributed by atoms with E-state index in [9.17, 15) is 10.1 Å². The molecule has 0 aliphatic carbocycles. The van der Waals surface area contributed by atoms with Gasteiger partial charge in [0, 0.05) is 17.4 Å². The van der Waals surface area contributed by atoms with Crippen LogP contribution in [0.25, 0.3) is 0 Å². The zero-order valence-corrected chi connectivity index (χ0v) is 11.4. The third-order valence-electron chi connectivity index (χ3n) is 2.69. The topological polar surface area (TPSA) is 93.0 Å². The molecule has 2 aromatic carbocycles. The van der Waals surface area contributed by atoms with Crippen LogP contribution in [0.15, 0.2) is 53.4 Å². The number of para-hydroxylation sites is 1. The number of amidine groups is 1. The van der Waals surface area contributed by atoms with Crippen LogP contribution in [0.1, 0.15) is 11.1 Å². The summed E-state index contributed by atoms with van der Waals surface area (Å²) in [5.74, 6) is 0.606. The molecule has 6 heteroatoms. The van der Waals surface area contributed by atoms with Crippen molar-refractivity contribution in [2.45, 2.75) is 10.6 Å². The van der Waals surface area contributed by atoms with E-state index >= 15 is 0 Å². The Morgan fingerprint density at radius 2 is 2.00 bits per heavy atom. The molecule has 0 spiro atoms. The van der Waals surface area contributed by atoms with Gasteiger partial charge < -0.3 is 5.73 Å². The number of nitrogens with zero attached hydrogens (tertiary/aromatic N) is 1. The lowest BCUT2D eigenvalue weighted by atomic mass is 10.1. The molecule has 0 aromatic heterocycles. The molecule has 0 radical (unpaired) electrons. The quantitative estimate of drug-likeness (QED) is 0.290. The summed E-state index contributed by atoms with van der Waals surface area (Å²) >= 11 is 1.40. The summed E-state index contributed by atoms with van der Waals surface area (Å²) in [6.07, 6.45) is 0. The van der Waals surface area contributed by atoms with Gasteiger partial charge in [-0.2, -0.15) is 0 Å². The third kappa shape index (κ3) is 3.36. The van der Waals surface area contributed by atoms with Crippen LogP contribution >= 0.6 is 11.8 Å². The Morgan fingerprint density at radius 1 is 1.25 bits per heavy atom. The lowest BCUT2D eigenvalue weighted by Gasteiger charge is -2.05. The molecule has 20 heavy (non-hydrogen) atoms. The molecule has 0 unspecified atom stereocenters. The molecule has 102 valence electrons. The van der Waals surface area contributed by atoms with Gasteiger partial charge in [0.25, 0.3) is 5.69 Å². The van der Waals surface area contributed by atoms with Crippen molar-refractivity contribution in [3.63, 3.8) is 0 Å². The Hall–Kier alpha value is -2.34. The van der Waals surface area contributed by atoms with Gasteiger partial charge in [0.1, 0.15) is 5.84 Å². The first kappa shape index (κ1) is 14.1. The van der Waals surface area contributed by atoms with Crippen LogP contribution in [0.3, 0.4) is 0 Å². The largest absolute Gasteiger partial charge is 0.384 e. The fraction of sp³-hybridized carbons (Fsp3) is 0.0714. The molecule has 0 atom stereocenters. The molecule has 0 bridgehead atoms. The van der Waals surface area contributed by atoms with Crippen molar-refractivity contribution in [1.82, 2.24) is 0 Å². The molecule has 0 saturated carbocycles. The average Bonchev–Trinajstić information content (AvgIpc) is 2.45. The molecular formula is C14H13N3O2S. The van der Waals surface area contributed by atoms with Crippen LogP contribution in [0.5, 0.6) is 0 Å². The van der Waals surface area contributed by atoms with E-state index in [1.807, 2.05) is 18.2 Å². The van der Waals surface area contributed by atoms with Crippen LogP contribution in [0.2, 0.25) is 0 Å². The smallest absolute Gasteiger partial charge is 0.282 e. The van der Waals surface area contributed by atoms with E-state index < -0.39 is 0 Å². The van der Waals surface area contributed by atoms with Crippen LogP contribution in [-0.2, 0) is 5.75 Å². The van der Waals surface area contributed by atoms with Crippen molar-refractivity contribution in [3.05, 3.63) is 69.8 Å². The molecule has 0 fully saturated rings. The van der Waals surface area contributed by atoms with Gasteiger partial charge in [-0.1, -0.05) is 30.3 Å². The minimum atomic E-state index is -0.381. The SMILES string of the molecule is N=C(N)c1cccc(CSc2ccccc2[N+](=O)[O-])c1. The molecular weight excluding hydrogens is 274 g/mol. The molecule has 0 amide bonds. The summed E-state index contributed by atoms with van der Waals surface area (Å²) in [5, 5.41) is 18.3. The van der Waals surface area contributed by atoms with Gasteiger partial charge in [-0.15, -0.1) is 11.8 Å². The summed E-state index contributed by atoms with van der Waals surface area (Å²) < 4.78 is 0. The summed E-state index contributed by atoms with van der Waals surface area (Å²) in [6, 6.07) is 14.0. The second-order valence-corrected chi connectivity index (χ2v) is 5.14. The number of nitro benzene ring substituents is 1. The monoisotopic (exact) mass is 287 g/mol. The molecule has 2 rings (SSSR count). The predicted octanol–water partition coefficient (Wildman–Crippen LogP) is 3.17. The molecule has 0 aliphatic heterocycles. The Bertz CT molecular complexity index is 658. The highest BCUT2D eigenvalue weighted by Crippen LogP contribution is 2.31. The highest BCUT2D eigenvalue weighted by molar-refractivity contribution is 7.98. The Kier molecular flexibility index (Phi) is 4.37. The number of nitro groups is 1. The van der Waals surface area contributed by atoms with Crippen molar-refractivity contribution in [3.8, 4) is 0 Å². The van der Waals surface area contributed by atoms with E-state index in [1.54, 1.807) is 24.3 Å². The van der Waals surface area contributed by atoms with Crippen LogP contribution < -0.4 is 5.73 Å². The van der Waals surface area contributed by atoms with Crippen molar-refractivity contribution < 1.29 is 4.92 Å². The van der Waals surface area contributed by atoms with E-state index in [0.717, 1.165) is 5.56 Å². The highest BCUT2D eigenvalue weighted by Gasteiger charge is 2.12. The minimum Gasteiger partial charge on any atom is -0.384 e. The van der Waals surface area contributed by atoms with Gasteiger partial charge in [0.15, 0.2) is 0 Å². The van der Waals surface area contributed by atoms with Crippen LogP contribution in [-0.4, -0.2) is 10.8 Å². The lowest BCUT2D eigenvalue weighted by Crippen LogP contribution is -2.10.